The number of imide groups is 1. The number of rotatable bonds is 6. The third-order valence-electron chi connectivity index (χ3n) is 6.46. The standard InChI is InChI=1S/C26H25N3O5/c1-33-22-12-15(24(34-2)20-6-4-3-5-19(20)22)13-27-17-7-8-18-16(11-17)14-29(26(18)32)21-9-10-23(30)28-25(21)31/h3-8,11-12,21,27H,9-10,13-14H2,1-2H3,(H,28,30,31). The summed E-state index contributed by atoms with van der Waals surface area (Å²) in [5.74, 6) is 0.666. The van der Waals surface area contributed by atoms with E-state index in [1.807, 2.05) is 42.5 Å². The summed E-state index contributed by atoms with van der Waals surface area (Å²) in [6, 6.07) is 14.9. The SMILES string of the molecule is COc1cc(CNc2ccc3c(c2)CN(C2CCC(=O)NC2=O)C3=O)c(OC)c2ccccc12. The molecule has 0 spiro atoms. The number of nitrogens with zero attached hydrogens (tertiary/aromatic N) is 1. The van der Waals surface area contributed by atoms with Crippen molar-refractivity contribution in [3.63, 3.8) is 0 Å². The van der Waals surface area contributed by atoms with Crippen molar-refractivity contribution in [2.45, 2.75) is 32.0 Å². The number of hydrogen-bond donors (Lipinski definition) is 2. The highest BCUT2D eigenvalue weighted by atomic mass is 16.5. The molecule has 2 heterocycles. The summed E-state index contributed by atoms with van der Waals surface area (Å²) in [6.07, 6.45) is 0.583. The van der Waals surface area contributed by atoms with Gasteiger partial charge in [-0.25, -0.2) is 0 Å². The highest BCUT2D eigenvalue weighted by Gasteiger charge is 2.39. The Bertz CT molecular complexity index is 1320. The zero-order chi connectivity index (χ0) is 23.8. The predicted octanol–water partition coefficient (Wildman–Crippen LogP) is 3.23. The van der Waals surface area contributed by atoms with Crippen LogP contribution in [0.3, 0.4) is 0 Å². The van der Waals surface area contributed by atoms with Gasteiger partial charge < -0.3 is 19.7 Å². The number of piperidine rings is 1. The fourth-order valence-electron chi connectivity index (χ4n) is 4.79. The van der Waals surface area contributed by atoms with Gasteiger partial charge in [0, 0.05) is 47.1 Å². The van der Waals surface area contributed by atoms with Gasteiger partial charge in [-0.15, -0.1) is 0 Å². The van der Waals surface area contributed by atoms with Gasteiger partial charge >= 0.3 is 0 Å². The molecule has 2 aliphatic heterocycles. The van der Waals surface area contributed by atoms with Crippen LogP contribution in [0.2, 0.25) is 0 Å². The number of amides is 3. The number of fused-ring (bicyclic) bond motifs is 2. The second-order valence-corrected chi connectivity index (χ2v) is 8.44. The second-order valence-electron chi connectivity index (χ2n) is 8.44. The van der Waals surface area contributed by atoms with E-state index in [4.69, 9.17) is 9.47 Å². The van der Waals surface area contributed by atoms with Crippen molar-refractivity contribution in [3.8, 4) is 11.5 Å². The van der Waals surface area contributed by atoms with Crippen LogP contribution in [-0.2, 0) is 22.7 Å². The maximum absolute atomic E-state index is 12.9. The van der Waals surface area contributed by atoms with E-state index in [1.165, 1.54) is 0 Å². The minimum atomic E-state index is -0.622. The first-order valence-electron chi connectivity index (χ1n) is 11.1. The second kappa shape index (κ2) is 8.70. The van der Waals surface area contributed by atoms with E-state index in [0.29, 0.717) is 25.1 Å². The van der Waals surface area contributed by atoms with E-state index in [2.05, 4.69) is 10.6 Å². The average molecular weight is 460 g/mol. The van der Waals surface area contributed by atoms with E-state index in [0.717, 1.165) is 39.1 Å². The van der Waals surface area contributed by atoms with Gasteiger partial charge in [-0.1, -0.05) is 24.3 Å². The quantitative estimate of drug-likeness (QED) is 0.550. The Morgan fingerprint density at radius 2 is 1.82 bits per heavy atom. The molecule has 0 saturated carbocycles. The van der Waals surface area contributed by atoms with E-state index >= 15 is 0 Å². The molecule has 1 atom stereocenters. The van der Waals surface area contributed by atoms with E-state index in [1.54, 1.807) is 25.2 Å². The zero-order valence-electron chi connectivity index (χ0n) is 19.0. The molecule has 5 rings (SSSR count). The number of methoxy groups -OCH3 is 2. The molecule has 8 nitrogen and oxygen atoms in total. The third-order valence-corrected chi connectivity index (χ3v) is 6.46. The highest BCUT2D eigenvalue weighted by Crippen LogP contribution is 2.37. The predicted molar refractivity (Wildman–Crippen MR) is 127 cm³/mol. The number of carbonyl (C=O) groups is 3. The van der Waals surface area contributed by atoms with Crippen molar-refractivity contribution in [1.29, 1.82) is 0 Å². The number of benzene rings is 3. The normalized spacial score (nSPS) is 17.5. The van der Waals surface area contributed by atoms with Crippen LogP contribution in [0, 0.1) is 0 Å². The lowest BCUT2D eigenvalue weighted by atomic mass is 10.0. The minimum Gasteiger partial charge on any atom is -0.496 e. The maximum atomic E-state index is 12.9. The van der Waals surface area contributed by atoms with Crippen LogP contribution in [0.25, 0.3) is 10.8 Å². The molecule has 34 heavy (non-hydrogen) atoms. The molecule has 0 bridgehead atoms. The van der Waals surface area contributed by atoms with E-state index in [-0.39, 0.29) is 18.2 Å². The summed E-state index contributed by atoms with van der Waals surface area (Å²) in [7, 11) is 3.31. The van der Waals surface area contributed by atoms with Crippen LogP contribution in [0.5, 0.6) is 11.5 Å². The van der Waals surface area contributed by atoms with Crippen LogP contribution in [0.1, 0.15) is 34.3 Å². The average Bonchev–Trinajstić information content (AvgIpc) is 3.17. The zero-order valence-corrected chi connectivity index (χ0v) is 19.0. The van der Waals surface area contributed by atoms with Gasteiger partial charge in [0.15, 0.2) is 0 Å². The van der Waals surface area contributed by atoms with Crippen LogP contribution in [0.15, 0.2) is 48.5 Å². The van der Waals surface area contributed by atoms with Gasteiger partial charge in [0.2, 0.25) is 11.8 Å². The third kappa shape index (κ3) is 3.71. The summed E-state index contributed by atoms with van der Waals surface area (Å²) in [5, 5.41) is 7.70. The Hall–Kier alpha value is -4.07. The molecule has 2 aliphatic rings. The first-order chi connectivity index (χ1) is 16.5. The van der Waals surface area contributed by atoms with Gasteiger partial charge in [0.1, 0.15) is 17.5 Å². The Morgan fingerprint density at radius 1 is 1.03 bits per heavy atom. The number of ether oxygens (including phenoxy) is 2. The summed E-state index contributed by atoms with van der Waals surface area (Å²) in [4.78, 5) is 38.2. The molecule has 3 aromatic rings. The molecule has 1 fully saturated rings. The van der Waals surface area contributed by atoms with Crippen molar-refractivity contribution >= 4 is 34.2 Å². The largest absolute Gasteiger partial charge is 0.496 e. The van der Waals surface area contributed by atoms with Crippen molar-refractivity contribution in [3.05, 3.63) is 65.2 Å². The van der Waals surface area contributed by atoms with Gasteiger partial charge in [-0.05, 0) is 36.2 Å². The number of hydrogen-bond acceptors (Lipinski definition) is 6. The monoisotopic (exact) mass is 459 g/mol. The van der Waals surface area contributed by atoms with Gasteiger partial charge in [0.05, 0.1) is 14.2 Å². The summed E-state index contributed by atoms with van der Waals surface area (Å²) in [6.45, 7) is 0.830. The lowest BCUT2D eigenvalue weighted by molar-refractivity contribution is -0.136. The molecule has 2 N–H and O–H groups in total. The molecule has 174 valence electrons. The molecule has 0 aliphatic carbocycles. The molecular weight excluding hydrogens is 434 g/mol. The molecule has 0 radical (unpaired) electrons. The first kappa shape index (κ1) is 21.8. The number of anilines is 1. The van der Waals surface area contributed by atoms with Crippen LogP contribution >= 0.6 is 0 Å². The molecule has 3 amide bonds. The van der Waals surface area contributed by atoms with Gasteiger partial charge in [-0.3, -0.25) is 19.7 Å². The summed E-state index contributed by atoms with van der Waals surface area (Å²) < 4.78 is 11.3. The minimum absolute atomic E-state index is 0.183. The summed E-state index contributed by atoms with van der Waals surface area (Å²) in [5.41, 5.74) is 3.23. The Morgan fingerprint density at radius 3 is 2.56 bits per heavy atom. The number of carbonyl (C=O) groups excluding carboxylic acids is 3. The molecular formula is C26H25N3O5. The van der Waals surface area contributed by atoms with E-state index in [9.17, 15) is 14.4 Å². The molecule has 3 aromatic carbocycles. The maximum Gasteiger partial charge on any atom is 0.255 e. The smallest absolute Gasteiger partial charge is 0.255 e. The van der Waals surface area contributed by atoms with Gasteiger partial charge in [-0.2, -0.15) is 0 Å². The first-order valence-corrected chi connectivity index (χ1v) is 11.1. The number of nitrogens with one attached hydrogen (secondary N) is 2. The Labute approximate surface area is 196 Å². The lowest BCUT2D eigenvalue weighted by Crippen LogP contribution is -2.52. The van der Waals surface area contributed by atoms with Crippen LogP contribution in [-0.4, -0.2) is 42.9 Å². The van der Waals surface area contributed by atoms with E-state index < -0.39 is 11.9 Å². The van der Waals surface area contributed by atoms with Crippen LogP contribution < -0.4 is 20.1 Å². The van der Waals surface area contributed by atoms with Crippen molar-refractivity contribution in [1.82, 2.24) is 10.2 Å². The van der Waals surface area contributed by atoms with Crippen molar-refractivity contribution in [2.24, 2.45) is 0 Å². The van der Waals surface area contributed by atoms with Gasteiger partial charge in [0.25, 0.3) is 5.91 Å². The lowest BCUT2D eigenvalue weighted by Gasteiger charge is -2.29. The topological polar surface area (TPSA) is 97.0 Å². The molecule has 8 heteroatoms. The molecule has 1 unspecified atom stereocenters. The fourth-order valence-corrected chi connectivity index (χ4v) is 4.79. The molecule has 0 aromatic heterocycles. The van der Waals surface area contributed by atoms with Crippen molar-refractivity contribution < 1.29 is 23.9 Å². The highest BCUT2D eigenvalue weighted by molar-refractivity contribution is 6.05. The van der Waals surface area contributed by atoms with Crippen molar-refractivity contribution in [2.75, 3.05) is 19.5 Å². The molecule has 1 saturated heterocycles. The Kier molecular flexibility index (Phi) is 5.57. The fraction of sp³-hybridized carbons (Fsp3) is 0.269. The van der Waals surface area contributed by atoms with Crippen LogP contribution in [0.4, 0.5) is 5.69 Å². The summed E-state index contributed by atoms with van der Waals surface area (Å²) >= 11 is 0. The Balaban J connectivity index is 1.37.